The van der Waals surface area contributed by atoms with Crippen LogP contribution in [0, 0.1) is 6.92 Å². The van der Waals surface area contributed by atoms with E-state index in [1.165, 1.54) is 25.3 Å². The molecule has 0 atom stereocenters. The number of methoxy groups -OCH3 is 1. The molecule has 0 aliphatic carbocycles. The normalized spacial score (nSPS) is 14.5. The van der Waals surface area contributed by atoms with Crippen molar-refractivity contribution in [1.29, 1.82) is 0 Å². The van der Waals surface area contributed by atoms with E-state index in [0.29, 0.717) is 33.2 Å². The molecule has 1 aliphatic rings. The predicted molar refractivity (Wildman–Crippen MR) is 143 cm³/mol. The van der Waals surface area contributed by atoms with E-state index in [1.54, 1.807) is 24.3 Å². The zero-order valence-corrected chi connectivity index (χ0v) is 22.3. The van der Waals surface area contributed by atoms with Gasteiger partial charge in [0, 0.05) is 5.02 Å². The van der Waals surface area contributed by atoms with Crippen molar-refractivity contribution in [3.63, 3.8) is 0 Å². The number of hydrogen-bond donors (Lipinski definition) is 1. The summed E-state index contributed by atoms with van der Waals surface area (Å²) in [4.78, 5) is 38.9. The minimum Gasteiger partial charge on any atom is -0.493 e. The van der Waals surface area contributed by atoms with Crippen molar-refractivity contribution in [2.45, 2.75) is 6.92 Å². The van der Waals surface area contributed by atoms with Gasteiger partial charge in [0.05, 0.1) is 17.3 Å². The fourth-order valence-electron chi connectivity index (χ4n) is 3.63. The van der Waals surface area contributed by atoms with E-state index in [1.807, 2.05) is 31.2 Å². The van der Waals surface area contributed by atoms with Gasteiger partial charge in [-0.1, -0.05) is 29.8 Å². The fraction of sp³-hybridized carbons (Fsp3) is 0.148. The number of hydrogen-bond acceptors (Lipinski definition) is 6. The summed E-state index contributed by atoms with van der Waals surface area (Å²) in [6.45, 7) is 2.53. The number of urea groups is 1. The molecule has 1 N–H and O–H groups in total. The Morgan fingerprint density at radius 1 is 0.973 bits per heavy atom. The number of rotatable bonds is 8. The highest BCUT2D eigenvalue weighted by Crippen LogP contribution is 2.37. The number of carbonyl (C=O) groups is 3. The van der Waals surface area contributed by atoms with E-state index in [9.17, 15) is 14.4 Å². The molecule has 3 aromatic rings. The first-order chi connectivity index (χ1) is 17.8. The summed E-state index contributed by atoms with van der Waals surface area (Å²) in [7, 11) is 1.48. The van der Waals surface area contributed by atoms with Gasteiger partial charge in [-0.25, -0.2) is 9.69 Å². The minimum atomic E-state index is -0.843. The summed E-state index contributed by atoms with van der Waals surface area (Å²) in [6, 6.07) is 16.3. The molecule has 0 unspecified atom stereocenters. The van der Waals surface area contributed by atoms with Crippen molar-refractivity contribution in [2.75, 3.05) is 25.2 Å². The molecule has 4 amide bonds. The van der Waals surface area contributed by atoms with Crippen molar-refractivity contribution < 1.29 is 28.6 Å². The average molecular weight is 586 g/mol. The molecule has 0 saturated carbocycles. The van der Waals surface area contributed by atoms with Gasteiger partial charge >= 0.3 is 6.03 Å². The van der Waals surface area contributed by atoms with Gasteiger partial charge in [0.2, 0.25) is 0 Å². The molecule has 10 heteroatoms. The molecule has 1 heterocycles. The topological polar surface area (TPSA) is 94.2 Å². The van der Waals surface area contributed by atoms with Crippen LogP contribution in [-0.2, 0) is 9.59 Å². The molecular weight excluding hydrogens is 564 g/mol. The van der Waals surface area contributed by atoms with E-state index < -0.39 is 17.8 Å². The Kier molecular flexibility index (Phi) is 8.15. The maximum atomic E-state index is 13.1. The Hall–Kier alpha value is -3.82. The van der Waals surface area contributed by atoms with Gasteiger partial charge in [0.15, 0.2) is 11.5 Å². The molecule has 1 aliphatic heterocycles. The van der Waals surface area contributed by atoms with Crippen LogP contribution in [0.3, 0.4) is 0 Å². The third-order valence-corrected chi connectivity index (χ3v) is 6.27. The van der Waals surface area contributed by atoms with E-state index >= 15 is 0 Å². The zero-order chi connectivity index (χ0) is 26.5. The smallest absolute Gasteiger partial charge is 0.335 e. The third-order valence-electron chi connectivity index (χ3n) is 5.43. The van der Waals surface area contributed by atoms with Crippen LogP contribution in [0.25, 0.3) is 6.08 Å². The third kappa shape index (κ3) is 5.95. The van der Waals surface area contributed by atoms with E-state index in [0.717, 1.165) is 16.2 Å². The number of imide groups is 2. The largest absolute Gasteiger partial charge is 0.493 e. The first kappa shape index (κ1) is 26.2. The summed E-state index contributed by atoms with van der Waals surface area (Å²) in [5.74, 6) is 0.0336. The summed E-state index contributed by atoms with van der Waals surface area (Å²) in [5, 5.41) is 2.64. The maximum Gasteiger partial charge on any atom is 0.335 e. The number of nitrogens with one attached hydrogen (secondary N) is 1. The second-order valence-corrected chi connectivity index (χ2v) is 9.22. The summed E-state index contributed by atoms with van der Waals surface area (Å²) in [5.41, 5.74) is 1.57. The fourth-order valence-corrected chi connectivity index (χ4v) is 4.33. The summed E-state index contributed by atoms with van der Waals surface area (Å²) in [6.07, 6.45) is 1.38. The van der Waals surface area contributed by atoms with Crippen LogP contribution in [0.1, 0.15) is 11.1 Å². The molecule has 0 aromatic heterocycles. The number of ether oxygens (including phenoxy) is 3. The number of aryl methyl sites for hydroxylation is 1. The van der Waals surface area contributed by atoms with Gasteiger partial charge in [-0.2, -0.15) is 0 Å². The molecule has 190 valence electrons. The highest BCUT2D eigenvalue weighted by atomic mass is 79.9. The van der Waals surface area contributed by atoms with Crippen LogP contribution >= 0.6 is 27.5 Å². The lowest BCUT2D eigenvalue weighted by molar-refractivity contribution is -0.122. The number of amides is 4. The van der Waals surface area contributed by atoms with Crippen molar-refractivity contribution in [2.24, 2.45) is 0 Å². The SMILES string of the molecule is COc1cc(/C=C2/C(=O)NC(=O)N(c3ccc(Cl)cc3)C2=O)cc(Br)c1OCCOc1ccccc1C. The summed E-state index contributed by atoms with van der Waals surface area (Å²) >= 11 is 9.38. The quantitative estimate of drug-likeness (QED) is 0.212. The highest BCUT2D eigenvalue weighted by molar-refractivity contribution is 9.10. The predicted octanol–water partition coefficient (Wildman–Crippen LogP) is 5.54. The number of barbiturate groups is 1. The van der Waals surface area contributed by atoms with Crippen LogP contribution < -0.4 is 24.4 Å². The van der Waals surface area contributed by atoms with Crippen LogP contribution in [0.2, 0.25) is 5.02 Å². The second kappa shape index (κ2) is 11.5. The number of benzene rings is 3. The average Bonchev–Trinajstić information content (AvgIpc) is 2.87. The zero-order valence-electron chi connectivity index (χ0n) is 19.9. The van der Waals surface area contributed by atoms with Gasteiger partial charge in [-0.15, -0.1) is 0 Å². The Bertz CT molecular complexity index is 1390. The Morgan fingerprint density at radius 3 is 2.38 bits per heavy atom. The number of halogens is 2. The molecule has 0 spiro atoms. The van der Waals surface area contributed by atoms with Gasteiger partial charge in [-0.05, 0) is 82.5 Å². The Balaban J connectivity index is 1.53. The number of nitrogens with zero attached hydrogens (tertiary/aromatic N) is 1. The number of anilines is 1. The van der Waals surface area contributed by atoms with Gasteiger partial charge in [0.25, 0.3) is 11.8 Å². The molecule has 4 rings (SSSR count). The lowest BCUT2D eigenvalue weighted by Gasteiger charge is -2.26. The maximum absolute atomic E-state index is 13.1. The standard InChI is InChI=1S/C27H22BrClN2O6/c1-16-5-3-4-6-22(16)36-11-12-37-24-21(28)14-17(15-23(24)35-2)13-20-25(32)30-27(34)31(26(20)33)19-9-7-18(29)8-10-19/h3-10,13-15H,11-12H2,1-2H3,(H,30,32,34)/b20-13-. The van der Waals surface area contributed by atoms with Crippen molar-refractivity contribution in [3.05, 3.63) is 86.9 Å². The lowest BCUT2D eigenvalue weighted by Crippen LogP contribution is -2.54. The lowest BCUT2D eigenvalue weighted by atomic mass is 10.1. The van der Waals surface area contributed by atoms with Crippen LogP contribution in [0.15, 0.2) is 70.7 Å². The molecule has 3 aromatic carbocycles. The number of para-hydroxylation sites is 1. The molecule has 8 nitrogen and oxygen atoms in total. The highest BCUT2D eigenvalue weighted by Gasteiger charge is 2.36. The molecular formula is C27H22BrClN2O6. The molecule has 0 bridgehead atoms. The molecule has 1 saturated heterocycles. The minimum absolute atomic E-state index is 0.219. The van der Waals surface area contributed by atoms with Crippen molar-refractivity contribution in [1.82, 2.24) is 5.32 Å². The second-order valence-electron chi connectivity index (χ2n) is 7.93. The first-order valence-corrected chi connectivity index (χ1v) is 12.3. The number of carbonyl (C=O) groups excluding carboxylic acids is 3. The van der Waals surface area contributed by atoms with Gasteiger partial charge in [-0.3, -0.25) is 14.9 Å². The van der Waals surface area contributed by atoms with E-state index in [4.69, 9.17) is 25.8 Å². The van der Waals surface area contributed by atoms with E-state index in [2.05, 4.69) is 21.2 Å². The monoisotopic (exact) mass is 584 g/mol. The Labute approximate surface area is 226 Å². The molecule has 1 fully saturated rings. The van der Waals surface area contributed by atoms with Gasteiger partial charge in [0.1, 0.15) is 24.5 Å². The van der Waals surface area contributed by atoms with Crippen LogP contribution in [0.5, 0.6) is 17.2 Å². The van der Waals surface area contributed by atoms with Gasteiger partial charge < -0.3 is 14.2 Å². The van der Waals surface area contributed by atoms with Crippen molar-refractivity contribution in [3.8, 4) is 17.2 Å². The molecule has 37 heavy (non-hydrogen) atoms. The summed E-state index contributed by atoms with van der Waals surface area (Å²) < 4.78 is 17.7. The Morgan fingerprint density at radius 2 is 1.68 bits per heavy atom. The van der Waals surface area contributed by atoms with Crippen molar-refractivity contribution >= 4 is 57.1 Å². The molecule has 0 radical (unpaired) electrons. The van der Waals surface area contributed by atoms with Crippen LogP contribution in [-0.4, -0.2) is 38.2 Å². The van der Waals surface area contributed by atoms with Crippen LogP contribution in [0.4, 0.5) is 10.5 Å². The van der Waals surface area contributed by atoms with E-state index in [-0.39, 0.29) is 17.9 Å². The first-order valence-electron chi connectivity index (χ1n) is 11.1.